The predicted molar refractivity (Wildman–Crippen MR) is 116 cm³/mol. The maximum atomic E-state index is 12.3. The van der Waals surface area contributed by atoms with Crippen LogP contribution in [0.15, 0.2) is 74.9 Å². The number of nitrogens with zero attached hydrogens (tertiary/aromatic N) is 2. The van der Waals surface area contributed by atoms with Crippen molar-refractivity contribution in [3.63, 3.8) is 0 Å². The third kappa shape index (κ3) is 4.57. The summed E-state index contributed by atoms with van der Waals surface area (Å²) in [6.07, 6.45) is 1.49. The summed E-state index contributed by atoms with van der Waals surface area (Å²) in [6, 6.07) is 11.9. The number of hydrogen-bond acceptors (Lipinski definition) is 8. The van der Waals surface area contributed by atoms with Crippen LogP contribution in [0.2, 0.25) is 0 Å². The first-order chi connectivity index (χ1) is 14.7. The third-order valence-corrected chi connectivity index (χ3v) is 7.72. The van der Waals surface area contributed by atoms with Crippen LogP contribution >= 0.6 is 11.3 Å². The average Bonchev–Trinajstić information content (AvgIpc) is 3.32. The minimum atomic E-state index is -3.79. The standard InChI is InChI=1S/C18H15N5O5S3/c24-16(11-20-17-14-3-1-2-4-15(14)31(27,28)22-17)21-12-5-7-13(8-6-12)30(25,26)23-18-19-9-10-29-18/h1-10H,11H2,(H,19,23)(H,20,22)(H,21,24). The van der Waals surface area contributed by atoms with Gasteiger partial charge in [0, 0.05) is 22.8 Å². The number of benzene rings is 2. The lowest BCUT2D eigenvalue weighted by atomic mass is 10.2. The Morgan fingerprint density at radius 3 is 2.58 bits per heavy atom. The number of carbonyl (C=O) groups excluding carboxylic acids is 1. The smallest absolute Gasteiger partial charge is 0.263 e. The second-order valence-electron chi connectivity index (χ2n) is 6.28. The Morgan fingerprint density at radius 2 is 1.87 bits per heavy atom. The number of aliphatic imine (C=N–C) groups is 1. The predicted octanol–water partition coefficient (Wildman–Crippen LogP) is 1.62. The van der Waals surface area contributed by atoms with Crippen LogP contribution in [0.25, 0.3) is 0 Å². The number of fused-ring (bicyclic) bond motifs is 1. The van der Waals surface area contributed by atoms with E-state index in [1.54, 1.807) is 23.6 Å². The van der Waals surface area contributed by atoms with Crippen LogP contribution in [0.3, 0.4) is 0 Å². The van der Waals surface area contributed by atoms with E-state index in [0.29, 0.717) is 11.3 Å². The Morgan fingerprint density at radius 1 is 1.13 bits per heavy atom. The van der Waals surface area contributed by atoms with Gasteiger partial charge in [-0.25, -0.2) is 21.8 Å². The maximum Gasteiger partial charge on any atom is 0.263 e. The van der Waals surface area contributed by atoms with Crippen LogP contribution in [0, 0.1) is 0 Å². The molecule has 3 aromatic rings. The molecule has 0 spiro atoms. The zero-order chi connectivity index (χ0) is 22.1. The lowest BCUT2D eigenvalue weighted by Gasteiger charge is -2.07. The third-order valence-electron chi connectivity index (χ3n) is 4.15. The van der Waals surface area contributed by atoms with E-state index in [2.05, 4.69) is 24.7 Å². The van der Waals surface area contributed by atoms with E-state index in [0.717, 1.165) is 11.3 Å². The second kappa shape index (κ2) is 8.09. The number of sulfonamides is 2. The first-order valence-corrected chi connectivity index (χ1v) is 12.6. The first-order valence-electron chi connectivity index (χ1n) is 8.73. The first kappa shape index (κ1) is 21.0. The lowest BCUT2D eigenvalue weighted by Crippen LogP contribution is -2.24. The van der Waals surface area contributed by atoms with E-state index in [1.807, 2.05) is 0 Å². The molecule has 2 heterocycles. The molecule has 0 atom stereocenters. The Bertz CT molecular complexity index is 1370. The quantitative estimate of drug-likeness (QED) is 0.492. The summed E-state index contributed by atoms with van der Waals surface area (Å²) >= 11 is 1.15. The fraction of sp³-hybridized carbons (Fsp3) is 0.0556. The molecule has 1 aliphatic heterocycles. The zero-order valence-corrected chi connectivity index (χ0v) is 18.1. The molecule has 2 aromatic carbocycles. The normalized spacial score (nSPS) is 15.8. The molecule has 4 rings (SSSR count). The van der Waals surface area contributed by atoms with E-state index in [1.165, 1.54) is 36.5 Å². The molecule has 0 aliphatic carbocycles. The van der Waals surface area contributed by atoms with Gasteiger partial charge < -0.3 is 5.32 Å². The molecule has 0 radical (unpaired) electrons. The number of carbonyl (C=O) groups is 1. The van der Waals surface area contributed by atoms with Gasteiger partial charge in [-0.2, -0.15) is 0 Å². The minimum absolute atomic E-state index is 0.0120. The minimum Gasteiger partial charge on any atom is -0.324 e. The van der Waals surface area contributed by atoms with Crippen molar-refractivity contribution in [2.24, 2.45) is 4.99 Å². The largest absolute Gasteiger partial charge is 0.324 e. The molecular weight excluding hydrogens is 462 g/mol. The summed E-state index contributed by atoms with van der Waals surface area (Å²) in [4.78, 5) is 20.3. The Balaban J connectivity index is 1.41. The monoisotopic (exact) mass is 477 g/mol. The van der Waals surface area contributed by atoms with Crippen LogP contribution in [-0.2, 0) is 24.8 Å². The van der Waals surface area contributed by atoms with Crippen LogP contribution in [0.1, 0.15) is 5.56 Å². The number of aromatic nitrogens is 1. The molecule has 3 N–H and O–H groups in total. The summed E-state index contributed by atoms with van der Waals surface area (Å²) in [7, 11) is -7.47. The van der Waals surface area contributed by atoms with Crippen molar-refractivity contribution < 1.29 is 21.6 Å². The SMILES string of the molecule is O=C(CN=C1NS(=O)(=O)c2ccccc21)Nc1ccc(S(=O)(=O)Nc2nccs2)cc1. The van der Waals surface area contributed by atoms with Gasteiger partial charge in [-0.05, 0) is 36.4 Å². The van der Waals surface area contributed by atoms with Gasteiger partial charge in [0.2, 0.25) is 5.91 Å². The molecule has 160 valence electrons. The van der Waals surface area contributed by atoms with Crippen molar-refractivity contribution in [1.29, 1.82) is 0 Å². The summed E-state index contributed by atoms with van der Waals surface area (Å²) < 4.78 is 53.5. The molecule has 0 bridgehead atoms. The molecule has 1 aliphatic rings. The van der Waals surface area contributed by atoms with Gasteiger partial charge in [0.05, 0.1) is 9.79 Å². The van der Waals surface area contributed by atoms with Crippen LogP contribution in [0.5, 0.6) is 0 Å². The van der Waals surface area contributed by atoms with Crippen LogP contribution < -0.4 is 14.8 Å². The van der Waals surface area contributed by atoms with Gasteiger partial charge in [0.15, 0.2) is 5.13 Å². The molecule has 10 nitrogen and oxygen atoms in total. The summed E-state index contributed by atoms with van der Waals surface area (Å²) in [5.41, 5.74) is 0.767. The summed E-state index contributed by atoms with van der Waals surface area (Å²) in [5, 5.41) is 4.48. The molecule has 31 heavy (non-hydrogen) atoms. The summed E-state index contributed by atoms with van der Waals surface area (Å²) in [6.45, 7) is -0.322. The van der Waals surface area contributed by atoms with Crippen molar-refractivity contribution in [3.05, 3.63) is 65.7 Å². The van der Waals surface area contributed by atoms with Gasteiger partial charge >= 0.3 is 0 Å². The molecule has 1 aromatic heterocycles. The lowest BCUT2D eigenvalue weighted by molar-refractivity contribution is -0.114. The van der Waals surface area contributed by atoms with Crippen LogP contribution in [-0.4, -0.2) is 40.1 Å². The van der Waals surface area contributed by atoms with Gasteiger partial charge in [0.25, 0.3) is 20.0 Å². The number of nitrogens with one attached hydrogen (secondary N) is 3. The fourth-order valence-corrected chi connectivity index (χ4v) is 5.81. The molecule has 13 heteroatoms. The molecule has 0 saturated carbocycles. The number of amides is 1. The van der Waals surface area contributed by atoms with E-state index >= 15 is 0 Å². The van der Waals surface area contributed by atoms with Crippen LogP contribution in [0.4, 0.5) is 10.8 Å². The number of anilines is 2. The van der Waals surface area contributed by atoms with Gasteiger partial charge in [0.1, 0.15) is 12.4 Å². The highest BCUT2D eigenvalue weighted by Crippen LogP contribution is 2.22. The highest BCUT2D eigenvalue weighted by molar-refractivity contribution is 7.93. The molecule has 0 unspecified atom stereocenters. The highest BCUT2D eigenvalue weighted by Gasteiger charge is 2.30. The number of thiazole rings is 1. The average molecular weight is 478 g/mol. The summed E-state index contributed by atoms with van der Waals surface area (Å²) in [5.74, 6) is -0.395. The number of amidine groups is 1. The van der Waals surface area contributed by atoms with E-state index < -0.39 is 26.0 Å². The van der Waals surface area contributed by atoms with Crippen molar-refractivity contribution in [2.75, 3.05) is 16.6 Å². The molecular formula is C18H15N5O5S3. The van der Waals surface area contributed by atoms with Gasteiger partial charge in [-0.15, -0.1) is 11.3 Å². The van der Waals surface area contributed by atoms with E-state index in [-0.39, 0.29) is 27.3 Å². The van der Waals surface area contributed by atoms with Crippen molar-refractivity contribution in [1.82, 2.24) is 9.71 Å². The second-order valence-corrected chi connectivity index (χ2v) is 10.5. The van der Waals surface area contributed by atoms with E-state index in [9.17, 15) is 21.6 Å². The van der Waals surface area contributed by atoms with Gasteiger partial charge in [-0.3, -0.25) is 19.2 Å². The highest BCUT2D eigenvalue weighted by atomic mass is 32.2. The van der Waals surface area contributed by atoms with Crippen molar-refractivity contribution in [2.45, 2.75) is 9.79 Å². The number of hydrogen-bond donors (Lipinski definition) is 3. The molecule has 0 fully saturated rings. The van der Waals surface area contributed by atoms with Crippen molar-refractivity contribution >= 4 is 53.9 Å². The topological polar surface area (TPSA) is 147 Å². The Labute approximate surface area is 182 Å². The zero-order valence-electron chi connectivity index (χ0n) is 15.6. The maximum absolute atomic E-state index is 12.3. The van der Waals surface area contributed by atoms with Gasteiger partial charge in [-0.1, -0.05) is 12.1 Å². The Hall–Kier alpha value is -3.29. The number of rotatable bonds is 6. The molecule has 0 saturated heterocycles. The fourth-order valence-electron chi connectivity index (χ4n) is 2.77. The van der Waals surface area contributed by atoms with E-state index in [4.69, 9.17) is 0 Å². The molecule has 1 amide bonds. The Kier molecular flexibility index (Phi) is 5.47. The van der Waals surface area contributed by atoms with Crippen molar-refractivity contribution in [3.8, 4) is 0 Å².